The van der Waals surface area contributed by atoms with Crippen molar-refractivity contribution in [1.82, 2.24) is 26.2 Å². The largest absolute Gasteiger partial charge is 0.379 e. The van der Waals surface area contributed by atoms with Crippen molar-refractivity contribution >= 4 is 41.4 Å². The lowest BCUT2D eigenvalue weighted by molar-refractivity contribution is -0.137. The molecule has 14 heteroatoms. The molecule has 230 valence electrons. The van der Waals surface area contributed by atoms with E-state index in [0.717, 1.165) is 36.3 Å². The van der Waals surface area contributed by atoms with Crippen LogP contribution in [0.3, 0.4) is 0 Å². The van der Waals surface area contributed by atoms with Gasteiger partial charge in [0.15, 0.2) is 0 Å². The molecule has 3 aliphatic heterocycles. The molecule has 2 fully saturated rings. The molecule has 3 atom stereocenters. The first-order chi connectivity index (χ1) is 19.9. The Kier molecular flexibility index (Phi) is 15.0. The Balaban J connectivity index is 0.998. The van der Waals surface area contributed by atoms with Crippen molar-refractivity contribution in [2.24, 2.45) is 0 Å². The van der Waals surface area contributed by atoms with Crippen molar-refractivity contribution in [2.75, 3.05) is 65.0 Å². The van der Waals surface area contributed by atoms with Gasteiger partial charge in [-0.1, -0.05) is 6.42 Å². The maximum Gasteiger partial charge on any atom is 0.315 e. The molecule has 3 rings (SSSR count). The number of carbonyl (C=O) groups excluding carboxylic acids is 5. The topological polar surface area (TPSA) is 164 Å². The molecular formula is C27H43N5O8S. The molecule has 0 aliphatic carbocycles. The van der Waals surface area contributed by atoms with Gasteiger partial charge >= 0.3 is 6.03 Å². The number of hydrogen-bond acceptors (Lipinski definition) is 9. The van der Waals surface area contributed by atoms with Gasteiger partial charge in [-0.2, -0.15) is 11.8 Å². The fourth-order valence-corrected chi connectivity index (χ4v) is 6.21. The van der Waals surface area contributed by atoms with Crippen LogP contribution in [0.1, 0.15) is 44.9 Å². The van der Waals surface area contributed by atoms with E-state index in [2.05, 4.69) is 21.3 Å². The van der Waals surface area contributed by atoms with Crippen LogP contribution in [-0.4, -0.2) is 117 Å². The number of nitrogens with one attached hydrogen (secondary N) is 4. The van der Waals surface area contributed by atoms with Crippen molar-refractivity contribution in [2.45, 2.75) is 62.3 Å². The van der Waals surface area contributed by atoms with Crippen LogP contribution in [0.4, 0.5) is 4.79 Å². The third-order valence-corrected chi connectivity index (χ3v) is 8.37. The summed E-state index contributed by atoms with van der Waals surface area (Å²) in [6.07, 6.45) is 7.22. The number of hydrogen-bond donors (Lipinski definition) is 4. The van der Waals surface area contributed by atoms with E-state index >= 15 is 0 Å². The Hall–Kier alpha value is -2.68. The summed E-state index contributed by atoms with van der Waals surface area (Å²) in [7, 11) is 0. The zero-order valence-corrected chi connectivity index (χ0v) is 24.3. The van der Waals surface area contributed by atoms with Crippen LogP contribution < -0.4 is 21.3 Å². The first-order valence-electron chi connectivity index (χ1n) is 14.4. The molecular weight excluding hydrogens is 554 g/mol. The minimum absolute atomic E-state index is 0.0640. The van der Waals surface area contributed by atoms with Gasteiger partial charge in [0, 0.05) is 68.8 Å². The predicted molar refractivity (Wildman–Crippen MR) is 152 cm³/mol. The molecule has 0 spiro atoms. The van der Waals surface area contributed by atoms with E-state index in [1.165, 1.54) is 12.2 Å². The minimum atomic E-state index is -0.387. The average Bonchev–Trinajstić information content (AvgIpc) is 3.61. The summed E-state index contributed by atoms with van der Waals surface area (Å²) in [6.45, 7) is 3.98. The standard InChI is InChI=1S/C27H43N5O8S/c33-22(6-2-1-5-21-26-20(19-41-21)30-27(37)31-26)28-10-3-13-38-15-17-40-18-16-39-14-4-11-29-23(34)9-12-32-24(35)7-8-25(32)36/h7-8,20-21,26H,1-6,9-19H2,(H,28,33)(H,29,34)(H2,30,31,37)/t20-,21+,26+/m1/s1. The zero-order valence-electron chi connectivity index (χ0n) is 23.5. The van der Waals surface area contributed by atoms with E-state index in [-0.39, 0.29) is 54.7 Å². The van der Waals surface area contributed by atoms with Gasteiger partial charge in [-0.05, 0) is 25.7 Å². The molecule has 4 N–H and O–H groups in total. The number of amides is 6. The highest BCUT2D eigenvalue weighted by Crippen LogP contribution is 2.33. The summed E-state index contributed by atoms with van der Waals surface area (Å²) < 4.78 is 16.4. The van der Waals surface area contributed by atoms with E-state index in [1.54, 1.807) is 0 Å². The van der Waals surface area contributed by atoms with Gasteiger partial charge in [0.05, 0.1) is 38.5 Å². The van der Waals surface area contributed by atoms with E-state index in [1.807, 2.05) is 11.8 Å². The molecule has 0 unspecified atom stereocenters. The van der Waals surface area contributed by atoms with Gasteiger partial charge in [0.2, 0.25) is 11.8 Å². The van der Waals surface area contributed by atoms with E-state index in [9.17, 15) is 24.0 Å². The van der Waals surface area contributed by atoms with Crippen LogP contribution in [-0.2, 0) is 33.4 Å². The van der Waals surface area contributed by atoms with Crippen LogP contribution >= 0.6 is 11.8 Å². The first kappa shape index (κ1) is 32.8. The lowest BCUT2D eigenvalue weighted by atomic mass is 10.0. The summed E-state index contributed by atoms with van der Waals surface area (Å²) in [4.78, 5) is 59.1. The molecule has 13 nitrogen and oxygen atoms in total. The highest BCUT2D eigenvalue weighted by molar-refractivity contribution is 8.00. The number of urea groups is 1. The number of thioether (sulfide) groups is 1. The predicted octanol–water partition coefficient (Wildman–Crippen LogP) is 0.0897. The molecule has 0 saturated carbocycles. The highest BCUT2D eigenvalue weighted by atomic mass is 32.2. The molecule has 3 aliphatic rings. The normalized spacial score (nSPS) is 21.2. The number of nitrogens with zero attached hydrogens (tertiary/aromatic N) is 1. The van der Waals surface area contributed by atoms with E-state index in [4.69, 9.17) is 14.2 Å². The summed E-state index contributed by atoms with van der Waals surface area (Å²) in [5, 5.41) is 12.0. The SMILES string of the molecule is O=C(CCCC[C@@H]1SC[C@H]2NC(=O)N[C@H]12)NCCCOCCOCCOCCCNC(=O)CCN1C(=O)C=CC1=O. The molecule has 0 bridgehead atoms. The van der Waals surface area contributed by atoms with Gasteiger partial charge in [-0.25, -0.2) is 4.79 Å². The van der Waals surface area contributed by atoms with E-state index < -0.39 is 0 Å². The number of fused-ring (bicyclic) bond motifs is 1. The lowest BCUT2D eigenvalue weighted by Crippen LogP contribution is -2.36. The van der Waals surface area contributed by atoms with Gasteiger partial charge in [-0.3, -0.25) is 24.1 Å². The quantitative estimate of drug-likeness (QED) is 0.0769. The summed E-state index contributed by atoms with van der Waals surface area (Å²) in [5.74, 6) is 0.0304. The van der Waals surface area contributed by atoms with E-state index in [0.29, 0.717) is 70.8 Å². The minimum Gasteiger partial charge on any atom is -0.379 e. The first-order valence-corrected chi connectivity index (χ1v) is 15.5. The monoisotopic (exact) mass is 597 g/mol. The second kappa shape index (κ2) is 18.7. The molecule has 41 heavy (non-hydrogen) atoms. The van der Waals surface area contributed by atoms with Gasteiger partial charge in [0.25, 0.3) is 11.8 Å². The Morgan fingerprint density at radius 1 is 0.805 bits per heavy atom. The third-order valence-electron chi connectivity index (χ3n) is 6.86. The van der Waals surface area contributed by atoms with Crippen LogP contribution in [0.15, 0.2) is 12.2 Å². The molecule has 0 aromatic carbocycles. The maximum atomic E-state index is 12.0. The summed E-state index contributed by atoms with van der Waals surface area (Å²) in [6, 6.07) is 0.401. The third kappa shape index (κ3) is 12.4. The number of imide groups is 1. The molecule has 6 amide bonds. The number of unbranched alkanes of at least 4 members (excludes halogenated alkanes) is 1. The van der Waals surface area contributed by atoms with Crippen LogP contribution in [0.25, 0.3) is 0 Å². The van der Waals surface area contributed by atoms with Crippen molar-refractivity contribution in [3.8, 4) is 0 Å². The van der Waals surface area contributed by atoms with Crippen molar-refractivity contribution in [1.29, 1.82) is 0 Å². The van der Waals surface area contributed by atoms with Crippen molar-refractivity contribution in [3.63, 3.8) is 0 Å². The Labute approximate surface area is 245 Å². The van der Waals surface area contributed by atoms with Crippen LogP contribution in [0.5, 0.6) is 0 Å². The van der Waals surface area contributed by atoms with Crippen molar-refractivity contribution in [3.05, 3.63) is 12.2 Å². The molecule has 2 saturated heterocycles. The van der Waals surface area contributed by atoms with Crippen LogP contribution in [0, 0.1) is 0 Å². The lowest BCUT2D eigenvalue weighted by Gasteiger charge is -2.16. The maximum absolute atomic E-state index is 12.0. The second-order valence-electron chi connectivity index (χ2n) is 10.0. The molecule has 0 aromatic rings. The second-order valence-corrected chi connectivity index (χ2v) is 11.3. The van der Waals surface area contributed by atoms with Gasteiger partial charge in [0.1, 0.15) is 0 Å². The average molecular weight is 598 g/mol. The zero-order chi connectivity index (χ0) is 29.3. The number of ether oxygens (including phenoxy) is 3. The molecule has 3 heterocycles. The molecule has 0 radical (unpaired) electrons. The Bertz CT molecular complexity index is 902. The Morgan fingerprint density at radius 3 is 2.02 bits per heavy atom. The number of carbonyl (C=O) groups is 5. The fraction of sp³-hybridized carbons (Fsp3) is 0.741. The highest BCUT2D eigenvalue weighted by Gasteiger charge is 2.42. The Morgan fingerprint density at radius 2 is 1.39 bits per heavy atom. The summed E-state index contributed by atoms with van der Waals surface area (Å²) >= 11 is 1.90. The number of rotatable bonds is 22. The van der Waals surface area contributed by atoms with Gasteiger partial charge in [-0.15, -0.1) is 0 Å². The smallest absolute Gasteiger partial charge is 0.315 e. The van der Waals surface area contributed by atoms with Crippen molar-refractivity contribution < 1.29 is 38.2 Å². The molecule has 0 aromatic heterocycles. The van der Waals surface area contributed by atoms with Crippen LogP contribution in [0.2, 0.25) is 0 Å². The fourth-order valence-electron chi connectivity index (χ4n) is 4.66. The van der Waals surface area contributed by atoms with Gasteiger partial charge < -0.3 is 35.5 Å². The summed E-state index contributed by atoms with van der Waals surface area (Å²) in [5.41, 5.74) is 0.